The summed E-state index contributed by atoms with van der Waals surface area (Å²) in [6.07, 6.45) is 11.5. The number of aliphatic hydroxyl groups is 1. The van der Waals surface area contributed by atoms with Crippen LogP contribution in [0.3, 0.4) is 0 Å². The molecule has 0 heterocycles. The maximum atomic E-state index is 12.3. The van der Waals surface area contributed by atoms with Gasteiger partial charge in [0.05, 0.1) is 18.0 Å². The van der Waals surface area contributed by atoms with Gasteiger partial charge in [0.25, 0.3) is 10.1 Å². The molecule has 3 N–H and O–H groups in total. The van der Waals surface area contributed by atoms with E-state index in [1.807, 2.05) is 7.11 Å². The van der Waals surface area contributed by atoms with Gasteiger partial charge in [-0.2, -0.15) is 8.42 Å². The SMILES string of the molecule is CO[C@@H]1CC[C@@]2(C)[C@H](C[C@@H](O)C[C@H]3[C@@H]2CC[C@]2(C)[C@@H]([C@H](C)CCC(=O)NCCS(=O)(=O)O)CC[C@@H]32)C1. The number of carbonyl (C=O) groups excluding carboxylic acids is 1. The Morgan fingerprint density at radius 2 is 1.75 bits per heavy atom. The molecule has 4 saturated carbocycles. The summed E-state index contributed by atoms with van der Waals surface area (Å²) in [4.78, 5) is 12.3. The van der Waals surface area contributed by atoms with E-state index in [1.165, 1.54) is 32.1 Å². The van der Waals surface area contributed by atoms with Crippen molar-refractivity contribution in [2.75, 3.05) is 19.4 Å². The van der Waals surface area contributed by atoms with E-state index in [1.54, 1.807) is 0 Å². The van der Waals surface area contributed by atoms with Crippen LogP contribution >= 0.6 is 0 Å². The number of aliphatic hydroxyl groups excluding tert-OH is 1. The van der Waals surface area contributed by atoms with Crippen molar-refractivity contribution in [2.45, 2.75) is 104 Å². The van der Waals surface area contributed by atoms with Crippen LogP contribution in [0.5, 0.6) is 0 Å². The predicted octanol–water partition coefficient (Wildman–Crippen LogP) is 4.44. The number of ether oxygens (including phenoxy) is 1. The minimum absolute atomic E-state index is 0.0500. The van der Waals surface area contributed by atoms with Gasteiger partial charge in [-0.15, -0.1) is 0 Å². The summed E-state index contributed by atoms with van der Waals surface area (Å²) in [5.41, 5.74) is 0.546. The molecule has 0 aliphatic heterocycles. The van der Waals surface area contributed by atoms with E-state index in [4.69, 9.17) is 9.29 Å². The van der Waals surface area contributed by atoms with Gasteiger partial charge in [-0.3, -0.25) is 9.35 Å². The summed E-state index contributed by atoms with van der Waals surface area (Å²) in [6.45, 7) is 7.25. The molecule has 7 nitrogen and oxygen atoms in total. The number of methoxy groups -OCH3 is 1. The summed E-state index contributed by atoms with van der Waals surface area (Å²) in [5, 5.41) is 13.8. The van der Waals surface area contributed by atoms with Gasteiger partial charge in [0.1, 0.15) is 0 Å². The van der Waals surface area contributed by atoms with Gasteiger partial charge in [0.15, 0.2) is 0 Å². The quantitative estimate of drug-likeness (QED) is 0.402. The average molecular weight is 528 g/mol. The molecule has 0 saturated heterocycles. The minimum Gasteiger partial charge on any atom is -0.393 e. The van der Waals surface area contributed by atoms with Gasteiger partial charge in [0, 0.05) is 20.1 Å². The van der Waals surface area contributed by atoms with Gasteiger partial charge >= 0.3 is 0 Å². The average Bonchev–Trinajstić information content (AvgIpc) is 3.10. The van der Waals surface area contributed by atoms with Crippen molar-refractivity contribution in [1.29, 1.82) is 0 Å². The third-order valence-electron chi connectivity index (χ3n) is 11.5. The molecule has 0 aromatic rings. The van der Waals surface area contributed by atoms with Gasteiger partial charge in [0.2, 0.25) is 5.91 Å². The molecule has 1 amide bonds. The number of nitrogens with one attached hydrogen (secondary N) is 1. The Labute approximate surface area is 218 Å². The van der Waals surface area contributed by atoms with Crippen LogP contribution in [0.2, 0.25) is 0 Å². The van der Waals surface area contributed by atoms with Crippen LogP contribution in [0.25, 0.3) is 0 Å². The zero-order valence-electron chi connectivity index (χ0n) is 22.7. The van der Waals surface area contributed by atoms with Gasteiger partial charge < -0.3 is 15.2 Å². The zero-order chi connectivity index (χ0) is 26.3. The Hall–Kier alpha value is -0.700. The third-order valence-corrected chi connectivity index (χ3v) is 12.2. The molecule has 0 spiro atoms. The lowest BCUT2D eigenvalue weighted by molar-refractivity contribution is -0.121. The monoisotopic (exact) mass is 527 g/mol. The van der Waals surface area contributed by atoms with Crippen LogP contribution in [-0.2, 0) is 19.6 Å². The van der Waals surface area contributed by atoms with Crippen molar-refractivity contribution in [2.24, 2.45) is 46.3 Å². The first-order valence-corrected chi connectivity index (χ1v) is 15.9. The van der Waals surface area contributed by atoms with Crippen molar-refractivity contribution in [3.8, 4) is 0 Å². The van der Waals surface area contributed by atoms with Crippen LogP contribution in [0.1, 0.15) is 91.4 Å². The molecule has 0 aromatic heterocycles. The number of amides is 1. The molecule has 0 aromatic carbocycles. The fourth-order valence-corrected chi connectivity index (χ4v) is 9.93. The molecular weight excluding hydrogens is 478 g/mol. The van der Waals surface area contributed by atoms with Crippen LogP contribution in [0, 0.1) is 46.3 Å². The van der Waals surface area contributed by atoms with Gasteiger partial charge in [-0.1, -0.05) is 20.8 Å². The largest absolute Gasteiger partial charge is 0.393 e. The topological polar surface area (TPSA) is 113 Å². The van der Waals surface area contributed by atoms with E-state index in [-0.39, 0.29) is 24.0 Å². The Bertz CT molecular complexity index is 894. The van der Waals surface area contributed by atoms with Gasteiger partial charge in [-0.25, -0.2) is 0 Å². The van der Waals surface area contributed by atoms with Crippen molar-refractivity contribution < 1.29 is 27.6 Å². The van der Waals surface area contributed by atoms with E-state index in [2.05, 4.69) is 26.1 Å². The second kappa shape index (κ2) is 10.8. The first-order valence-electron chi connectivity index (χ1n) is 14.3. The van der Waals surface area contributed by atoms with E-state index in [9.17, 15) is 18.3 Å². The molecule has 0 radical (unpaired) electrons. The lowest BCUT2D eigenvalue weighted by Crippen LogP contribution is -2.50. The maximum absolute atomic E-state index is 12.3. The summed E-state index contributed by atoms with van der Waals surface area (Å²) in [7, 11) is -2.23. The first-order chi connectivity index (χ1) is 16.9. The Morgan fingerprint density at radius 1 is 1.06 bits per heavy atom. The summed E-state index contributed by atoms with van der Waals surface area (Å²) >= 11 is 0. The lowest BCUT2D eigenvalue weighted by atomic mass is 9.48. The highest BCUT2D eigenvalue weighted by atomic mass is 32.2. The second-order valence-electron chi connectivity index (χ2n) is 13.2. The molecule has 36 heavy (non-hydrogen) atoms. The number of hydrogen-bond donors (Lipinski definition) is 3. The summed E-state index contributed by atoms with van der Waals surface area (Å²) < 4.78 is 36.3. The number of carbonyl (C=O) groups is 1. The Kier molecular flexibility index (Phi) is 8.51. The lowest BCUT2D eigenvalue weighted by Gasteiger charge is -2.56. The zero-order valence-corrected chi connectivity index (χ0v) is 23.6. The summed E-state index contributed by atoms with van der Waals surface area (Å²) in [6, 6.07) is 0. The highest BCUT2D eigenvalue weighted by molar-refractivity contribution is 7.85. The highest BCUT2D eigenvalue weighted by Gasteiger charge is 2.60. The van der Waals surface area contributed by atoms with Gasteiger partial charge in [-0.05, 0) is 111 Å². The molecule has 0 bridgehead atoms. The second-order valence-corrected chi connectivity index (χ2v) is 14.8. The number of rotatable bonds is 8. The Morgan fingerprint density at radius 3 is 2.44 bits per heavy atom. The maximum Gasteiger partial charge on any atom is 0.266 e. The first kappa shape index (κ1) is 28.3. The van der Waals surface area contributed by atoms with Crippen LogP contribution < -0.4 is 5.32 Å². The molecule has 4 aliphatic rings. The molecule has 8 heteroatoms. The standard InChI is InChI=1S/C28H49NO6S/c1-18(5-8-26(31)29-13-14-36(32,33)34)23-6-7-24-22-17-20(30)15-19-16-21(35-4)9-11-27(19,2)25(22)10-12-28(23,24)3/h18-25,30H,5-17H2,1-4H3,(H,29,31)(H,32,33,34)/t18-,19-,20-,21-,22-,23-,24+,25+,27+,28-/m1/s1. The minimum atomic E-state index is -4.06. The van der Waals surface area contributed by atoms with Crippen molar-refractivity contribution >= 4 is 16.0 Å². The Balaban J connectivity index is 1.41. The normalized spacial score (nSPS) is 43.6. The molecule has 4 rings (SSSR count). The number of hydrogen-bond acceptors (Lipinski definition) is 5. The van der Waals surface area contributed by atoms with Crippen molar-refractivity contribution in [3.05, 3.63) is 0 Å². The predicted molar refractivity (Wildman–Crippen MR) is 140 cm³/mol. The molecule has 0 unspecified atom stereocenters. The fraction of sp³-hybridized carbons (Fsp3) is 0.964. The van der Waals surface area contributed by atoms with Crippen LogP contribution in [0.4, 0.5) is 0 Å². The molecule has 208 valence electrons. The fourth-order valence-electron chi connectivity index (χ4n) is 9.57. The van der Waals surface area contributed by atoms with Crippen molar-refractivity contribution in [3.63, 3.8) is 0 Å². The van der Waals surface area contributed by atoms with Crippen LogP contribution in [-0.4, -0.2) is 55.6 Å². The number of fused-ring (bicyclic) bond motifs is 5. The molecule has 4 fully saturated rings. The molecule has 4 aliphatic carbocycles. The van der Waals surface area contributed by atoms with Crippen molar-refractivity contribution in [1.82, 2.24) is 5.32 Å². The van der Waals surface area contributed by atoms with E-state index < -0.39 is 15.9 Å². The smallest absolute Gasteiger partial charge is 0.266 e. The van der Waals surface area contributed by atoms with E-state index in [0.29, 0.717) is 53.4 Å². The molecular formula is C28H49NO6S. The highest BCUT2D eigenvalue weighted by Crippen LogP contribution is 2.67. The molecule has 10 atom stereocenters. The summed E-state index contributed by atoms with van der Waals surface area (Å²) in [5.74, 6) is 2.83. The third kappa shape index (κ3) is 5.67. The van der Waals surface area contributed by atoms with Crippen LogP contribution in [0.15, 0.2) is 0 Å². The van der Waals surface area contributed by atoms with E-state index in [0.717, 1.165) is 32.1 Å². The van der Waals surface area contributed by atoms with E-state index >= 15 is 0 Å².